The van der Waals surface area contributed by atoms with Gasteiger partial charge in [-0.3, -0.25) is 9.59 Å². The molecule has 1 N–H and O–H groups in total. The van der Waals surface area contributed by atoms with Gasteiger partial charge in [-0.15, -0.1) is 0 Å². The third-order valence-corrected chi connectivity index (χ3v) is 2.74. The molecule has 0 atom stereocenters. The Bertz CT molecular complexity index is 414. The zero-order chi connectivity index (χ0) is 11.5. The van der Waals surface area contributed by atoms with E-state index in [0.717, 1.165) is 25.8 Å². The number of amides is 1. The predicted molar refractivity (Wildman–Crippen MR) is 61.4 cm³/mol. The number of nitrogens with one attached hydrogen (secondary N) is 1. The van der Waals surface area contributed by atoms with Gasteiger partial charge in [0.1, 0.15) is 0 Å². The molecule has 1 aliphatic carbocycles. The summed E-state index contributed by atoms with van der Waals surface area (Å²) >= 11 is 0. The summed E-state index contributed by atoms with van der Waals surface area (Å²) in [6.07, 6.45) is 4.67. The molecule has 1 aromatic rings. The molecule has 4 heteroatoms. The number of hydrogen-bond donors (Lipinski definition) is 1. The quantitative estimate of drug-likeness (QED) is 0.833. The fourth-order valence-electron chi connectivity index (χ4n) is 1.79. The van der Waals surface area contributed by atoms with Crippen molar-refractivity contribution in [1.82, 2.24) is 9.88 Å². The minimum atomic E-state index is -0.176. The van der Waals surface area contributed by atoms with Gasteiger partial charge in [-0.1, -0.05) is 6.92 Å². The molecule has 86 valence electrons. The number of hydrogen-bond acceptors (Lipinski definition) is 2. The number of carbonyl (C=O) groups is 1. The van der Waals surface area contributed by atoms with Crippen LogP contribution in [0.5, 0.6) is 0 Å². The summed E-state index contributed by atoms with van der Waals surface area (Å²) in [5, 5.41) is 0. The van der Waals surface area contributed by atoms with Crippen molar-refractivity contribution < 1.29 is 4.79 Å². The van der Waals surface area contributed by atoms with Crippen molar-refractivity contribution in [3.05, 3.63) is 34.2 Å². The Morgan fingerprint density at radius 3 is 2.75 bits per heavy atom. The van der Waals surface area contributed by atoms with Gasteiger partial charge in [-0.05, 0) is 25.3 Å². The van der Waals surface area contributed by atoms with Crippen molar-refractivity contribution in [3.63, 3.8) is 0 Å². The van der Waals surface area contributed by atoms with E-state index in [1.807, 2.05) is 4.90 Å². The van der Waals surface area contributed by atoms with E-state index in [1.54, 1.807) is 6.07 Å². The highest BCUT2D eigenvalue weighted by Gasteiger charge is 2.32. The maximum Gasteiger partial charge on any atom is 0.255 e. The highest BCUT2D eigenvalue weighted by molar-refractivity contribution is 5.94. The topological polar surface area (TPSA) is 53.2 Å². The summed E-state index contributed by atoms with van der Waals surface area (Å²) in [5.41, 5.74) is 0.393. The van der Waals surface area contributed by atoms with Crippen LogP contribution >= 0.6 is 0 Å². The van der Waals surface area contributed by atoms with Gasteiger partial charge in [-0.2, -0.15) is 0 Å². The number of aromatic nitrogens is 1. The Hall–Kier alpha value is -1.58. The Morgan fingerprint density at radius 2 is 2.25 bits per heavy atom. The van der Waals surface area contributed by atoms with E-state index in [-0.39, 0.29) is 11.5 Å². The van der Waals surface area contributed by atoms with Crippen LogP contribution in [0.2, 0.25) is 0 Å². The lowest BCUT2D eigenvalue weighted by Crippen LogP contribution is -2.34. The predicted octanol–water partition coefficient (Wildman–Crippen LogP) is 1.39. The molecule has 0 bridgehead atoms. The standard InChI is InChI=1S/C12H16N2O2/c1-2-7-14(10-4-5-10)12(16)9-3-6-11(15)13-8-9/h3,6,8,10H,2,4-5,7H2,1H3,(H,13,15). The minimum Gasteiger partial charge on any atom is -0.336 e. The largest absolute Gasteiger partial charge is 0.336 e. The van der Waals surface area contributed by atoms with Crippen LogP contribution < -0.4 is 5.56 Å². The van der Waals surface area contributed by atoms with Gasteiger partial charge in [0.15, 0.2) is 0 Å². The maximum atomic E-state index is 12.1. The molecule has 0 spiro atoms. The molecule has 2 rings (SSSR count). The van der Waals surface area contributed by atoms with Gasteiger partial charge >= 0.3 is 0 Å². The smallest absolute Gasteiger partial charge is 0.255 e. The van der Waals surface area contributed by atoms with Crippen LogP contribution in [-0.4, -0.2) is 28.4 Å². The molecule has 4 nitrogen and oxygen atoms in total. The molecule has 0 aliphatic heterocycles. The normalized spacial score (nSPS) is 14.8. The second kappa shape index (κ2) is 4.51. The second-order valence-corrected chi connectivity index (χ2v) is 4.17. The van der Waals surface area contributed by atoms with Gasteiger partial charge in [0.25, 0.3) is 5.91 Å². The monoisotopic (exact) mass is 220 g/mol. The first kappa shape index (κ1) is 10.9. The zero-order valence-corrected chi connectivity index (χ0v) is 9.40. The van der Waals surface area contributed by atoms with Gasteiger partial charge in [0.05, 0.1) is 5.56 Å². The molecule has 16 heavy (non-hydrogen) atoms. The lowest BCUT2D eigenvalue weighted by molar-refractivity contribution is 0.0742. The molecule has 0 aromatic carbocycles. The highest BCUT2D eigenvalue weighted by atomic mass is 16.2. The third kappa shape index (κ3) is 2.32. The third-order valence-electron chi connectivity index (χ3n) is 2.74. The van der Waals surface area contributed by atoms with Crippen LogP contribution in [0, 0.1) is 0 Å². The summed E-state index contributed by atoms with van der Waals surface area (Å²) in [7, 11) is 0. The van der Waals surface area contributed by atoms with Gasteiger partial charge < -0.3 is 9.88 Å². The van der Waals surface area contributed by atoms with Crippen LogP contribution in [0.15, 0.2) is 23.1 Å². The molecule has 0 unspecified atom stereocenters. The molecule has 1 aliphatic rings. The molecule has 1 amide bonds. The number of pyridine rings is 1. The van der Waals surface area contributed by atoms with E-state index in [9.17, 15) is 9.59 Å². The van der Waals surface area contributed by atoms with Crippen LogP contribution in [-0.2, 0) is 0 Å². The van der Waals surface area contributed by atoms with E-state index in [2.05, 4.69) is 11.9 Å². The van der Waals surface area contributed by atoms with Gasteiger partial charge in [0, 0.05) is 24.8 Å². The first-order chi connectivity index (χ1) is 7.72. The van der Waals surface area contributed by atoms with E-state index < -0.39 is 0 Å². The van der Waals surface area contributed by atoms with E-state index in [0.29, 0.717) is 11.6 Å². The summed E-state index contributed by atoms with van der Waals surface area (Å²) in [6.45, 7) is 2.86. The highest BCUT2D eigenvalue weighted by Crippen LogP contribution is 2.28. The van der Waals surface area contributed by atoms with E-state index >= 15 is 0 Å². The molecule has 0 radical (unpaired) electrons. The van der Waals surface area contributed by atoms with Crippen molar-refractivity contribution in [3.8, 4) is 0 Å². The maximum absolute atomic E-state index is 12.1. The van der Waals surface area contributed by atoms with Crippen LogP contribution in [0.25, 0.3) is 0 Å². The molecular formula is C12H16N2O2. The fourth-order valence-corrected chi connectivity index (χ4v) is 1.79. The molecule has 1 saturated carbocycles. The summed E-state index contributed by atoms with van der Waals surface area (Å²) in [4.78, 5) is 27.5. The van der Waals surface area contributed by atoms with E-state index in [1.165, 1.54) is 12.3 Å². The number of carbonyl (C=O) groups excluding carboxylic acids is 1. The van der Waals surface area contributed by atoms with Crippen molar-refractivity contribution >= 4 is 5.91 Å². The lowest BCUT2D eigenvalue weighted by atomic mass is 10.2. The molecule has 1 aromatic heterocycles. The number of rotatable bonds is 4. The minimum absolute atomic E-state index is 0.0283. The van der Waals surface area contributed by atoms with E-state index in [4.69, 9.17) is 0 Å². The molecular weight excluding hydrogens is 204 g/mol. The van der Waals surface area contributed by atoms with Crippen LogP contribution in [0.4, 0.5) is 0 Å². The van der Waals surface area contributed by atoms with Gasteiger partial charge in [-0.25, -0.2) is 0 Å². The molecule has 1 fully saturated rings. The van der Waals surface area contributed by atoms with Crippen molar-refractivity contribution in [2.24, 2.45) is 0 Å². The molecule has 0 saturated heterocycles. The average Bonchev–Trinajstić information content (AvgIpc) is 3.10. The SMILES string of the molecule is CCCN(C(=O)c1ccc(=O)[nH]c1)C1CC1. The summed E-state index contributed by atoms with van der Waals surface area (Å²) in [5.74, 6) is 0.0283. The summed E-state index contributed by atoms with van der Waals surface area (Å²) in [6, 6.07) is 3.40. The van der Waals surface area contributed by atoms with Crippen molar-refractivity contribution in [1.29, 1.82) is 0 Å². The molecule has 1 heterocycles. The lowest BCUT2D eigenvalue weighted by Gasteiger charge is -2.21. The van der Waals surface area contributed by atoms with Crippen LogP contribution in [0.1, 0.15) is 36.5 Å². The zero-order valence-electron chi connectivity index (χ0n) is 9.40. The van der Waals surface area contributed by atoms with Crippen LogP contribution in [0.3, 0.4) is 0 Å². The number of nitrogens with zero attached hydrogens (tertiary/aromatic N) is 1. The Balaban J connectivity index is 2.15. The van der Waals surface area contributed by atoms with Gasteiger partial charge in [0.2, 0.25) is 5.56 Å². The number of H-pyrrole nitrogens is 1. The summed E-state index contributed by atoms with van der Waals surface area (Å²) < 4.78 is 0. The Labute approximate surface area is 94.3 Å². The first-order valence-corrected chi connectivity index (χ1v) is 5.72. The number of aromatic amines is 1. The second-order valence-electron chi connectivity index (χ2n) is 4.17. The average molecular weight is 220 g/mol. The fraction of sp³-hybridized carbons (Fsp3) is 0.500. The first-order valence-electron chi connectivity index (χ1n) is 5.72. The Morgan fingerprint density at radius 1 is 1.50 bits per heavy atom. The Kier molecular flexibility index (Phi) is 3.08. The van der Waals surface area contributed by atoms with Crippen molar-refractivity contribution in [2.75, 3.05) is 6.54 Å². The van der Waals surface area contributed by atoms with Crippen molar-refractivity contribution in [2.45, 2.75) is 32.2 Å².